The molecule has 5 heterocycles. The van der Waals surface area contributed by atoms with Gasteiger partial charge < -0.3 is 29.4 Å². The molecule has 4 aliphatic heterocycles. The van der Waals surface area contributed by atoms with E-state index in [1.165, 1.54) is 24.3 Å². The van der Waals surface area contributed by atoms with Gasteiger partial charge in [0.15, 0.2) is 5.75 Å². The lowest BCUT2D eigenvalue weighted by Crippen LogP contribution is -2.59. The quantitative estimate of drug-likeness (QED) is 0.515. The highest BCUT2D eigenvalue weighted by Crippen LogP contribution is 2.48. The Labute approximate surface area is 256 Å². The number of piperazine rings is 1. The van der Waals surface area contributed by atoms with Crippen LogP contribution in [0, 0.1) is 5.82 Å². The number of likely N-dealkylation sites (tertiary alicyclic amines) is 1. The first-order valence-corrected chi connectivity index (χ1v) is 15.0. The molecule has 2 amide bonds. The Balaban J connectivity index is 1.47. The molecule has 43 heavy (non-hydrogen) atoms. The Morgan fingerprint density at radius 1 is 1.21 bits per heavy atom. The lowest BCUT2D eigenvalue weighted by atomic mass is 9.97. The topological polar surface area (TPSA) is 92.7 Å². The van der Waals surface area contributed by atoms with Crippen molar-refractivity contribution in [1.82, 2.24) is 24.6 Å². The van der Waals surface area contributed by atoms with Crippen LogP contribution in [0.1, 0.15) is 30.6 Å². The maximum absolute atomic E-state index is 15.2. The third-order valence-corrected chi connectivity index (χ3v) is 9.83. The van der Waals surface area contributed by atoms with Gasteiger partial charge in [-0.2, -0.15) is 0 Å². The zero-order valence-corrected chi connectivity index (χ0v) is 25.8. The van der Waals surface area contributed by atoms with Crippen LogP contribution in [0.3, 0.4) is 0 Å². The molecule has 0 aliphatic carbocycles. The highest BCUT2D eigenvalue weighted by atomic mass is 35.5. The lowest BCUT2D eigenvalue weighted by molar-refractivity contribution is -0.128. The summed E-state index contributed by atoms with van der Waals surface area (Å²) in [5, 5.41) is 10.7. The van der Waals surface area contributed by atoms with Gasteiger partial charge in [0.05, 0.1) is 11.6 Å². The second-order valence-electron chi connectivity index (χ2n) is 12.7. The molecule has 1 aromatic carbocycles. The third-order valence-electron chi connectivity index (χ3n) is 9.48. The van der Waals surface area contributed by atoms with Gasteiger partial charge in [-0.3, -0.25) is 14.5 Å². The van der Waals surface area contributed by atoms with Crippen LogP contribution >= 0.6 is 11.6 Å². The molecule has 2 unspecified atom stereocenters. The molecule has 3 fully saturated rings. The van der Waals surface area contributed by atoms with Crippen molar-refractivity contribution in [2.75, 3.05) is 64.9 Å². The average Bonchev–Trinajstić information content (AvgIpc) is 3.20. The molecule has 1 N–H and O–H groups in total. The van der Waals surface area contributed by atoms with E-state index in [4.69, 9.17) is 21.3 Å². The summed E-state index contributed by atoms with van der Waals surface area (Å²) in [5.74, 6) is -1.06. The fourth-order valence-corrected chi connectivity index (χ4v) is 7.25. The van der Waals surface area contributed by atoms with Crippen molar-refractivity contribution in [1.29, 1.82) is 0 Å². The van der Waals surface area contributed by atoms with E-state index in [9.17, 15) is 14.7 Å². The van der Waals surface area contributed by atoms with Gasteiger partial charge in [0.2, 0.25) is 5.91 Å². The van der Waals surface area contributed by atoms with Crippen LogP contribution in [0.15, 0.2) is 30.9 Å². The summed E-state index contributed by atoms with van der Waals surface area (Å²) in [7, 11) is 4.25. The van der Waals surface area contributed by atoms with E-state index < -0.39 is 17.4 Å². The Bertz CT molecular complexity index is 1460. The van der Waals surface area contributed by atoms with Crippen LogP contribution in [-0.2, 0) is 4.79 Å². The first-order chi connectivity index (χ1) is 20.4. The maximum atomic E-state index is 15.2. The van der Waals surface area contributed by atoms with Crippen LogP contribution < -0.4 is 9.64 Å². The minimum atomic E-state index is -0.691. The van der Waals surface area contributed by atoms with Gasteiger partial charge >= 0.3 is 0 Å². The van der Waals surface area contributed by atoms with Gasteiger partial charge in [-0.05, 0) is 52.6 Å². The van der Waals surface area contributed by atoms with Crippen LogP contribution in [-0.4, -0.2) is 125 Å². The van der Waals surface area contributed by atoms with E-state index in [1.807, 2.05) is 0 Å². The molecule has 2 atom stereocenters. The van der Waals surface area contributed by atoms with Crippen molar-refractivity contribution in [2.24, 2.45) is 0 Å². The Morgan fingerprint density at radius 3 is 2.63 bits per heavy atom. The Kier molecular flexibility index (Phi) is 7.55. The smallest absolute Gasteiger partial charge is 0.261 e. The fourth-order valence-electron chi connectivity index (χ4n) is 6.96. The molecular formula is C31H38ClFN6O4. The molecule has 3 saturated heterocycles. The third kappa shape index (κ3) is 5.01. The summed E-state index contributed by atoms with van der Waals surface area (Å²) in [4.78, 5) is 41.8. The number of benzene rings is 1. The second-order valence-corrected chi connectivity index (χ2v) is 13.1. The van der Waals surface area contributed by atoms with Gasteiger partial charge in [0.25, 0.3) is 5.91 Å². The predicted octanol–water partition coefficient (Wildman–Crippen LogP) is 3.08. The molecule has 0 saturated carbocycles. The molecule has 12 heteroatoms. The highest BCUT2D eigenvalue weighted by Gasteiger charge is 2.47. The van der Waals surface area contributed by atoms with Crippen molar-refractivity contribution in [2.45, 2.75) is 43.9 Å². The number of carbonyl (C=O) groups is 2. The molecule has 0 spiro atoms. The molecule has 2 aromatic rings. The number of amides is 2. The number of rotatable bonds is 5. The van der Waals surface area contributed by atoms with Gasteiger partial charge in [-0.15, -0.1) is 0 Å². The van der Waals surface area contributed by atoms with E-state index in [0.717, 1.165) is 19.5 Å². The fraction of sp³-hybridized carbons (Fsp3) is 0.516. The van der Waals surface area contributed by atoms with Crippen LogP contribution in [0.4, 0.5) is 10.2 Å². The maximum Gasteiger partial charge on any atom is 0.261 e. The molecule has 10 nitrogen and oxygen atoms in total. The number of hydrogen-bond acceptors (Lipinski definition) is 8. The highest BCUT2D eigenvalue weighted by molar-refractivity contribution is 6.35. The van der Waals surface area contributed by atoms with Crippen LogP contribution in [0.5, 0.6) is 11.5 Å². The Hall–Kier alpha value is -3.41. The number of fused-ring (bicyclic) bond motifs is 2. The number of pyridine rings is 1. The van der Waals surface area contributed by atoms with E-state index in [-0.39, 0.29) is 64.4 Å². The van der Waals surface area contributed by atoms with E-state index >= 15 is 4.39 Å². The zero-order valence-electron chi connectivity index (χ0n) is 25.0. The van der Waals surface area contributed by atoms with E-state index in [1.54, 1.807) is 9.80 Å². The van der Waals surface area contributed by atoms with Crippen LogP contribution in [0.2, 0.25) is 5.02 Å². The summed E-state index contributed by atoms with van der Waals surface area (Å²) in [6.07, 6.45) is 2.09. The SMILES string of the molecule is C=CC(=O)N1CCN2C(=O)c3c(N4CC(N(C)C5CN(C)C5)CC4(C)C)nc(-c4c(O)cccc4F)c(Cl)c3OCC2C1. The first kappa shape index (κ1) is 29.7. The van der Waals surface area contributed by atoms with Crippen molar-refractivity contribution in [3.63, 3.8) is 0 Å². The molecule has 1 aromatic heterocycles. The lowest BCUT2D eigenvalue weighted by Gasteiger charge is -2.44. The Morgan fingerprint density at radius 2 is 1.95 bits per heavy atom. The summed E-state index contributed by atoms with van der Waals surface area (Å²) in [6, 6.07) is 4.22. The van der Waals surface area contributed by atoms with Gasteiger partial charge in [-0.1, -0.05) is 24.2 Å². The van der Waals surface area contributed by atoms with Gasteiger partial charge in [0.1, 0.15) is 40.3 Å². The van der Waals surface area contributed by atoms with E-state index in [0.29, 0.717) is 31.5 Å². The molecule has 230 valence electrons. The minimum absolute atomic E-state index is 0.00960. The zero-order chi connectivity index (χ0) is 30.8. The first-order valence-electron chi connectivity index (χ1n) is 14.7. The average molecular weight is 613 g/mol. The van der Waals surface area contributed by atoms with E-state index in [2.05, 4.69) is 49.2 Å². The largest absolute Gasteiger partial charge is 0.507 e. The number of nitrogens with zero attached hydrogens (tertiary/aromatic N) is 6. The van der Waals surface area contributed by atoms with Crippen molar-refractivity contribution < 1.29 is 23.8 Å². The number of aromatic hydroxyl groups is 1. The number of likely N-dealkylation sites (N-methyl/N-ethyl adjacent to an activating group) is 2. The van der Waals surface area contributed by atoms with Crippen molar-refractivity contribution in [3.8, 4) is 22.8 Å². The number of hydrogen-bond donors (Lipinski definition) is 1. The number of carbonyl (C=O) groups excluding carboxylic acids is 2. The number of phenols is 1. The van der Waals surface area contributed by atoms with Gasteiger partial charge in [0, 0.05) is 56.9 Å². The summed E-state index contributed by atoms with van der Waals surface area (Å²) in [5.41, 5.74) is -0.343. The van der Waals surface area contributed by atoms with Crippen molar-refractivity contribution >= 4 is 29.2 Å². The number of aromatic nitrogens is 1. The van der Waals surface area contributed by atoms with Gasteiger partial charge in [-0.25, -0.2) is 9.37 Å². The monoisotopic (exact) mass is 612 g/mol. The molecular weight excluding hydrogens is 575 g/mol. The minimum Gasteiger partial charge on any atom is -0.507 e. The second kappa shape index (κ2) is 10.9. The number of halogens is 2. The molecule has 0 bridgehead atoms. The standard InChI is InChI=1S/C31H38ClFN6O4/c1-6-23(41)37-10-11-38-20(15-37)17-43-28-25(30(38)42)29(34-27(26(28)32)24-21(33)8-7-9-22(24)40)39-16-18(12-31(39,2)3)36(5)19-13-35(4)14-19/h6-9,18-20,40H,1,10-17H2,2-5H3. The number of anilines is 1. The molecule has 0 radical (unpaired) electrons. The number of phenolic OH excluding ortho intramolecular Hbond substituents is 1. The molecule has 6 rings (SSSR count). The van der Waals surface area contributed by atoms with Crippen molar-refractivity contribution in [3.05, 3.63) is 47.3 Å². The summed E-state index contributed by atoms with van der Waals surface area (Å²) >= 11 is 6.91. The normalized spacial score (nSPS) is 23.9. The van der Waals surface area contributed by atoms with Crippen LogP contribution in [0.25, 0.3) is 11.3 Å². The number of ether oxygens (including phenoxy) is 1. The molecule has 4 aliphatic rings. The summed E-state index contributed by atoms with van der Waals surface area (Å²) < 4.78 is 21.5. The predicted molar refractivity (Wildman–Crippen MR) is 162 cm³/mol. The summed E-state index contributed by atoms with van der Waals surface area (Å²) in [6.45, 7) is 11.4.